The molecule has 0 saturated carbocycles. The van der Waals surface area contributed by atoms with Gasteiger partial charge in [0.2, 0.25) is 5.82 Å². The number of benzene rings is 1. The van der Waals surface area contributed by atoms with E-state index in [9.17, 15) is 23.7 Å². The SMILES string of the molecule is COC(=O)CCCOc1cc(F)c([N+](=O)[O-])cc1F. The maximum absolute atomic E-state index is 13.4. The minimum atomic E-state index is -1.19. The molecule has 0 radical (unpaired) electrons. The second-order valence-electron chi connectivity index (χ2n) is 3.52. The second-order valence-corrected chi connectivity index (χ2v) is 3.52. The summed E-state index contributed by atoms with van der Waals surface area (Å²) in [5.41, 5.74) is -0.959. The highest BCUT2D eigenvalue weighted by atomic mass is 19.1. The first-order valence-corrected chi connectivity index (χ1v) is 5.28. The van der Waals surface area contributed by atoms with Crippen molar-refractivity contribution in [3.63, 3.8) is 0 Å². The van der Waals surface area contributed by atoms with Gasteiger partial charge >= 0.3 is 11.7 Å². The number of nitrogens with zero attached hydrogens (tertiary/aromatic N) is 1. The van der Waals surface area contributed by atoms with Crippen molar-refractivity contribution >= 4 is 11.7 Å². The molecular formula is C11H11F2NO5. The Labute approximate surface area is 107 Å². The third kappa shape index (κ3) is 4.16. The predicted octanol–water partition coefficient (Wildman–Crippen LogP) is 2.21. The molecule has 8 heteroatoms. The van der Waals surface area contributed by atoms with Crippen molar-refractivity contribution in [2.45, 2.75) is 12.8 Å². The molecular weight excluding hydrogens is 264 g/mol. The van der Waals surface area contributed by atoms with Crippen LogP contribution < -0.4 is 4.74 Å². The molecule has 0 heterocycles. The molecule has 0 unspecified atom stereocenters. The monoisotopic (exact) mass is 275 g/mol. The first-order valence-electron chi connectivity index (χ1n) is 5.28. The van der Waals surface area contributed by atoms with Gasteiger partial charge in [-0.3, -0.25) is 14.9 Å². The number of nitro groups is 1. The Bertz CT molecular complexity index is 492. The molecule has 0 bridgehead atoms. The maximum atomic E-state index is 13.4. The van der Waals surface area contributed by atoms with E-state index in [-0.39, 0.29) is 19.4 Å². The number of hydrogen-bond acceptors (Lipinski definition) is 5. The van der Waals surface area contributed by atoms with Gasteiger partial charge in [-0.05, 0) is 6.42 Å². The van der Waals surface area contributed by atoms with Gasteiger partial charge in [0.05, 0.1) is 24.7 Å². The number of rotatable bonds is 6. The van der Waals surface area contributed by atoms with Crippen LogP contribution in [-0.4, -0.2) is 24.6 Å². The summed E-state index contributed by atoms with van der Waals surface area (Å²) in [4.78, 5) is 20.1. The number of nitro benzene ring substituents is 1. The fraction of sp³-hybridized carbons (Fsp3) is 0.364. The van der Waals surface area contributed by atoms with Gasteiger partial charge in [-0.15, -0.1) is 0 Å². The summed E-state index contributed by atoms with van der Waals surface area (Å²) >= 11 is 0. The second kappa shape index (κ2) is 6.62. The minimum Gasteiger partial charge on any atom is -0.490 e. The highest BCUT2D eigenvalue weighted by Gasteiger charge is 2.19. The van der Waals surface area contributed by atoms with Gasteiger partial charge in [0.1, 0.15) is 0 Å². The molecule has 1 rings (SSSR count). The van der Waals surface area contributed by atoms with E-state index in [2.05, 4.69) is 4.74 Å². The van der Waals surface area contributed by atoms with E-state index < -0.39 is 34.0 Å². The number of esters is 1. The summed E-state index contributed by atoms with van der Waals surface area (Å²) in [6.45, 7) is -0.0384. The Morgan fingerprint density at radius 2 is 2.05 bits per heavy atom. The Hall–Kier alpha value is -2.25. The van der Waals surface area contributed by atoms with Gasteiger partial charge in [-0.1, -0.05) is 0 Å². The Morgan fingerprint density at radius 3 is 2.63 bits per heavy atom. The summed E-state index contributed by atoms with van der Waals surface area (Å²) in [7, 11) is 1.23. The van der Waals surface area contributed by atoms with Crippen molar-refractivity contribution < 1.29 is 28.0 Å². The van der Waals surface area contributed by atoms with Gasteiger partial charge in [0.15, 0.2) is 11.6 Å². The summed E-state index contributed by atoms with van der Waals surface area (Å²) in [5, 5.41) is 10.4. The molecule has 0 aliphatic rings. The standard InChI is InChI=1S/C11H11F2NO5/c1-18-11(15)3-2-4-19-10-6-7(12)9(14(16)17)5-8(10)13/h5-6H,2-4H2,1H3. The lowest BCUT2D eigenvalue weighted by Gasteiger charge is -2.07. The molecule has 0 aliphatic carbocycles. The third-order valence-electron chi connectivity index (χ3n) is 2.21. The largest absolute Gasteiger partial charge is 0.490 e. The molecule has 0 amide bonds. The van der Waals surface area contributed by atoms with Crippen LogP contribution in [0.15, 0.2) is 12.1 Å². The van der Waals surface area contributed by atoms with Crippen LogP contribution in [0.2, 0.25) is 0 Å². The van der Waals surface area contributed by atoms with E-state index in [1.807, 2.05) is 0 Å². The lowest BCUT2D eigenvalue weighted by Crippen LogP contribution is -2.06. The van der Waals surface area contributed by atoms with E-state index in [1.165, 1.54) is 7.11 Å². The van der Waals surface area contributed by atoms with E-state index in [1.54, 1.807) is 0 Å². The lowest BCUT2D eigenvalue weighted by molar-refractivity contribution is -0.387. The van der Waals surface area contributed by atoms with Crippen LogP contribution >= 0.6 is 0 Å². The molecule has 104 valence electrons. The molecule has 0 aromatic heterocycles. The van der Waals surface area contributed by atoms with E-state index in [4.69, 9.17) is 4.74 Å². The average molecular weight is 275 g/mol. The Balaban J connectivity index is 2.62. The van der Waals surface area contributed by atoms with Crippen molar-refractivity contribution in [2.24, 2.45) is 0 Å². The topological polar surface area (TPSA) is 78.7 Å². The summed E-state index contributed by atoms with van der Waals surface area (Å²) in [5.74, 6) is -3.10. The number of carbonyl (C=O) groups excluding carboxylic acids is 1. The molecule has 0 atom stereocenters. The van der Waals surface area contributed by atoms with E-state index in [0.29, 0.717) is 12.1 Å². The molecule has 1 aromatic carbocycles. The van der Waals surface area contributed by atoms with Gasteiger partial charge in [-0.2, -0.15) is 4.39 Å². The van der Waals surface area contributed by atoms with Gasteiger partial charge < -0.3 is 9.47 Å². The van der Waals surface area contributed by atoms with Crippen molar-refractivity contribution in [1.29, 1.82) is 0 Å². The van der Waals surface area contributed by atoms with Gasteiger partial charge in [-0.25, -0.2) is 4.39 Å². The third-order valence-corrected chi connectivity index (χ3v) is 2.21. The predicted molar refractivity (Wildman–Crippen MR) is 59.8 cm³/mol. The molecule has 1 aromatic rings. The number of hydrogen-bond donors (Lipinski definition) is 0. The number of methoxy groups -OCH3 is 1. The van der Waals surface area contributed by atoms with Gasteiger partial charge in [0.25, 0.3) is 0 Å². The first kappa shape index (κ1) is 14.8. The van der Waals surface area contributed by atoms with Crippen LogP contribution in [0.5, 0.6) is 5.75 Å². The zero-order chi connectivity index (χ0) is 14.4. The zero-order valence-electron chi connectivity index (χ0n) is 10.0. The van der Waals surface area contributed by atoms with Crippen LogP contribution in [0, 0.1) is 21.7 Å². The highest BCUT2D eigenvalue weighted by molar-refractivity contribution is 5.69. The Kier molecular flexibility index (Phi) is 5.16. The molecule has 0 spiro atoms. The average Bonchev–Trinajstić information content (AvgIpc) is 2.37. The fourth-order valence-corrected chi connectivity index (χ4v) is 1.27. The van der Waals surface area contributed by atoms with Gasteiger partial charge in [0, 0.05) is 12.5 Å². The van der Waals surface area contributed by atoms with Crippen LogP contribution in [0.25, 0.3) is 0 Å². The molecule has 0 fully saturated rings. The first-order chi connectivity index (χ1) is 8.95. The summed E-state index contributed by atoms with van der Waals surface area (Å²) in [6, 6.07) is 1.05. The van der Waals surface area contributed by atoms with Crippen LogP contribution in [0.4, 0.5) is 14.5 Å². The molecule has 0 saturated heterocycles. The summed E-state index contributed by atoms with van der Waals surface area (Å²) < 4.78 is 35.9. The van der Waals surface area contributed by atoms with E-state index >= 15 is 0 Å². The molecule has 19 heavy (non-hydrogen) atoms. The smallest absolute Gasteiger partial charge is 0.307 e. The summed E-state index contributed by atoms with van der Waals surface area (Å²) in [6.07, 6.45) is 0.332. The molecule has 0 N–H and O–H groups in total. The Morgan fingerprint density at radius 1 is 1.37 bits per heavy atom. The van der Waals surface area contributed by atoms with Crippen LogP contribution in [-0.2, 0) is 9.53 Å². The van der Waals surface area contributed by atoms with Crippen molar-refractivity contribution in [1.82, 2.24) is 0 Å². The number of ether oxygens (including phenoxy) is 2. The minimum absolute atomic E-state index is 0.0384. The maximum Gasteiger partial charge on any atom is 0.307 e. The number of carbonyl (C=O) groups is 1. The van der Waals surface area contributed by atoms with Crippen molar-refractivity contribution in [3.8, 4) is 5.75 Å². The lowest BCUT2D eigenvalue weighted by atomic mass is 10.2. The normalized spacial score (nSPS) is 10.1. The van der Waals surface area contributed by atoms with Crippen LogP contribution in [0.3, 0.4) is 0 Å². The molecule has 0 aliphatic heterocycles. The van der Waals surface area contributed by atoms with Crippen molar-refractivity contribution in [3.05, 3.63) is 33.9 Å². The highest BCUT2D eigenvalue weighted by Crippen LogP contribution is 2.26. The zero-order valence-corrected chi connectivity index (χ0v) is 10.0. The number of halogens is 2. The van der Waals surface area contributed by atoms with Crippen molar-refractivity contribution in [2.75, 3.05) is 13.7 Å². The quantitative estimate of drug-likeness (QED) is 0.344. The fourth-order valence-electron chi connectivity index (χ4n) is 1.27. The van der Waals surface area contributed by atoms with E-state index in [0.717, 1.165) is 0 Å². The van der Waals surface area contributed by atoms with Crippen LogP contribution in [0.1, 0.15) is 12.8 Å². The molecule has 6 nitrogen and oxygen atoms in total.